The van der Waals surface area contributed by atoms with E-state index in [2.05, 4.69) is 55.6 Å². The zero-order valence-corrected chi connectivity index (χ0v) is 34.7. The first-order valence-electron chi connectivity index (χ1n) is 17.6. The molecule has 0 aromatic heterocycles. The van der Waals surface area contributed by atoms with Gasteiger partial charge in [0.15, 0.2) is 6.17 Å². The molecule has 2 aromatic carbocycles. The van der Waals surface area contributed by atoms with Gasteiger partial charge in [0, 0.05) is 29.6 Å². The summed E-state index contributed by atoms with van der Waals surface area (Å²) in [4.78, 5) is 13.0. The van der Waals surface area contributed by atoms with E-state index < -0.39 is 34.6 Å². The van der Waals surface area contributed by atoms with Gasteiger partial charge < -0.3 is 25.0 Å². The molecule has 52 heavy (non-hydrogen) atoms. The highest BCUT2D eigenvalue weighted by Crippen LogP contribution is 2.33. The van der Waals surface area contributed by atoms with Crippen LogP contribution in [0, 0.1) is 0 Å². The molecule has 0 bridgehead atoms. The number of rotatable bonds is 12. The van der Waals surface area contributed by atoms with Crippen molar-refractivity contribution in [2.45, 2.75) is 124 Å². The Balaban J connectivity index is 0.000000840. The lowest BCUT2D eigenvalue weighted by Gasteiger charge is -2.26. The van der Waals surface area contributed by atoms with Crippen molar-refractivity contribution in [3.63, 3.8) is 0 Å². The van der Waals surface area contributed by atoms with Gasteiger partial charge in [0.1, 0.15) is 24.7 Å². The highest BCUT2D eigenvalue weighted by molar-refractivity contribution is 7.86. The van der Waals surface area contributed by atoms with Crippen LogP contribution in [0.4, 0.5) is 4.39 Å². The first kappa shape index (κ1) is 49.0. The third-order valence-corrected chi connectivity index (χ3v) is 7.98. The van der Waals surface area contributed by atoms with Gasteiger partial charge in [-0.2, -0.15) is 8.42 Å². The molecule has 1 saturated heterocycles. The second-order valence-electron chi connectivity index (χ2n) is 16.1. The Morgan fingerprint density at radius 1 is 0.885 bits per heavy atom. The Morgan fingerprint density at radius 2 is 1.31 bits per heavy atom. The Kier molecular flexibility index (Phi) is 20.4. The fraction of sp³-hybridized carbons (Fsp3) is 0.625. The zero-order chi connectivity index (χ0) is 40.6. The molecule has 3 N–H and O–H groups in total. The van der Waals surface area contributed by atoms with Crippen molar-refractivity contribution in [1.82, 2.24) is 10.2 Å². The van der Waals surface area contributed by atoms with E-state index in [1.54, 1.807) is 20.8 Å². The smallest absolute Gasteiger partial charge is 0.264 e. The number of nitrogens with zero attached hydrogens (tertiary/aromatic N) is 1. The Morgan fingerprint density at radius 3 is 1.54 bits per heavy atom. The number of carbonyl (C=O) groups excluding carboxylic acids is 1. The quantitative estimate of drug-likeness (QED) is 0.121. The van der Waals surface area contributed by atoms with Crippen LogP contribution >= 0.6 is 0 Å². The van der Waals surface area contributed by atoms with Crippen molar-refractivity contribution in [3.8, 4) is 11.5 Å². The third kappa shape index (κ3) is 23.5. The molecule has 2 atom stereocenters. The maximum atomic E-state index is 13.1. The van der Waals surface area contributed by atoms with E-state index in [1.807, 2.05) is 76.2 Å². The number of benzene rings is 2. The molecule has 2 aromatic rings. The first-order valence-corrected chi connectivity index (χ1v) is 19.4. The van der Waals surface area contributed by atoms with Gasteiger partial charge in [0.05, 0.1) is 24.6 Å². The van der Waals surface area contributed by atoms with Gasteiger partial charge in [-0.05, 0) is 110 Å². The van der Waals surface area contributed by atoms with Crippen LogP contribution in [0.2, 0.25) is 0 Å². The number of ether oxygens (including phenoxy) is 2. The molecule has 1 amide bonds. The SMILES string of the molecule is C=CC(=O)NC(C)(C)C.CC(C)(C)N1CC1.CC(C)(C)OS(C)(=O)=O.CCC(O)COc1ccc(C(C)(C)c2ccc(OCC(F)CO)cc2)cc1. The third-order valence-electron chi connectivity index (χ3n) is 7.18. The summed E-state index contributed by atoms with van der Waals surface area (Å²) in [6.07, 6.45) is 1.15. The number of hydrogen-bond donors (Lipinski definition) is 3. The Labute approximate surface area is 313 Å². The molecule has 298 valence electrons. The van der Waals surface area contributed by atoms with Crippen molar-refractivity contribution < 1.29 is 41.5 Å². The molecule has 0 radical (unpaired) electrons. The standard InChI is InChI=1S/C22H29FO4.C7H13NO.C6H13N.C5H12O3S/c1-4-19(25)15-27-21-11-7-17(8-12-21)22(2,3)16-5-9-20(10-6-16)26-14-18(23)13-24;1-5-6(9)8-7(2,3)4;1-6(2,3)7-4-5-7;1-5(2,3)8-9(4,6)7/h5-12,18-19,24-25H,4,13-15H2,1-3H3;5H,1H2,2-4H3,(H,8,9);4-5H2,1-3H3;1-4H3. The average molecular weight is 755 g/mol. The summed E-state index contributed by atoms with van der Waals surface area (Å²) < 4.78 is 49.4. The average Bonchev–Trinajstić information content (AvgIpc) is 3.88. The van der Waals surface area contributed by atoms with Crippen LogP contribution in [0.5, 0.6) is 11.5 Å². The zero-order valence-electron chi connectivity index (χ0n) is 33.9. The minimum Gasteiger partial charge on any atom is -0.491 e. The van der Waals surface area contributed by atoms with E-state index >= 15 is 0 Å². The number of halogens is 1. The highest BCUT2D eigenvalue weighted by atomic mass is 32.2. The Hall–Kier alpha value is -3.03. The fourth-order valence-electron chi connectivity index (χ4n) is 4.25. The molecule has 12 heteroatoms. The van der Waals surface area contributed by atoms with E-state index in [0.29, 0.717) is 17.7 Å². The molecular weight excluding hydrogens is 688 g/mol. The largest absolute Gasteiger partial charge is 0.491 e. The summed E-state index contributed by atoms with van der Waals surface area (Å²) >= 11 is 0. The van der Waals surface area contributed by atoms with Gasteiger partial charge in [-0.1, -0.05) is 51.6 Å². The van der Waals surface area contributed by atoms with Crippen molar-refractivity contribution in [1.29, 1.82) is 0 Å². The van der Waals surface area contributed by atoms with Gasteiger partial charge in [0.2, 0.25) is 5.91 Å². The number of carbonyl (C=O) groups is 1. The molecule has 1 heterocycles. The molecule has 2 unspecified atom stereocenters. The van der Waals surface area contributed by atoms with E-state index in [1.165, 1.54) is 19.2 Å². The van der Waals surface area contributed by atoms with Gasteiger partial charge in [0.25, 0.3) is 10.1 Å². The molecule has 0 aliphatic carbocycles. The van der Waals surface area contributed by atoms with E-state index in [0.717, 1.165) is 23.1 Å². The fourth-order valence-corrected chi connectivity index (χ4v) is 5.16. The summed E-state index contributed by atoms with van der Waals surface area (Å²) in [5.74, 6) is 1.18. The van der Waals surface area contributed by atoms with Crippen LogP contribution in [0.3, 0.4) is 0 Å². The lowest BCUT2D eigenvalue weighted by Crippen LogP contribution is -2.39. The summed E-state index contributed by atoms with van der Waals surface area (Å²) in [5.41, 5.74) is 1.69. The van der Waals surface area contributed by atoms with Gasteiger partial charge >= 0.3 is 0 Å². The summed E-state index contributed by atoms with van der Waals surface area (Å²) in [7, 11) is -3.28. The van der Waals surface area contributed by atoms with Crippen LogP contribution in [0.1, 0.15) is 101 Å². The highest BCUT2D eigenvalue weighted by Gasteiger charge is 2.29. The molecule has 0 saturated carbocycles. The second-order valence-corrected chi connectivity index (χ2v) is 17.7. The minimum absolute atomic E-state index is 0.123. The molecule has 1 aliphatic heterocycles. The normalized spacial score (nSPS) is 14.5. The summed E-state index contributed by atoms with van der Waals surface area (Å²) in [6, 6.07) is 15.4. The molecule has 1 fully saturated rings. The molecular formula is C40H67FN2O8S. The van der Waals surface area contributed by atoms with Crippen LogP contribution in [-0.4, -0.2) is 97.6 Å². The van der Waals surface area contributed by atoms with Crippen LogP contribution in [0.15, 0.2) is 61.2 Å². The number of aliphatic hydroxyl groups is 2. The predicted octanol–water partition coefficient (Wildman–Crippen LogP) is 6.82. The first-order chi connectivity index (χ1) is 23.6. The number of hydrogen-bond acceptors (Lipinski definition) is 9. The lowest BCUT2D eigenvalue weighted by molar-refractivity contribution is -0.117. The van der Waals surface area contributed by atoms with Crippen LogP contribution in [-0.2, 0) is 24.5 Å². The molecule has 1 aliphatic rings. The Bertz CT molecular complexity index is 1360. The van der Waals surface area contributed by atoms with E-state index in [4.69, 9.17) is 14.6 Å². The predicted molar refractivity (Wildman–Crippen MR) is 209 cm³/mol. The minimum atomic E-state index is -3.28. The lowest BCUT2D eigenvalue weighted by atomic mass is 9.78. The number of amides is 1. The number of nitrogens with one attached hydrogen (secondary N) is 1. The topological polar surface area (TPSA) is 134 Å². The van der Waals surface area contributed by atoms with Gasteiger partial charge in [-0.15, -0.1) is 0 Å². The van der Waals surface area contributed by atoms with Crippen molar-refractivity contribution in [2.24, 2.45) is 0 Å². The van der Waals surface area contributed by atoms with Crippen molar-refractivity contribution in [2.75, 3.05) is 39.2 Å². The van der Waals surface area contributed by atoms with Crippen LogP contribution in [0.25, 0.3) is 0 Å². The summed E-state index contributed by atoms with van der Waals surface area (Å²) in [5, 5.41) is 21.0. The van der Waals surface area contributed by atoms with Crippen molar-refractivity contribution >= 4 is 16.0 Å². The summed E-state index contributed by atoms with van der Waals surface area (Å²) in [6.45, 7) is 29.3. The van der Waals surface area contributed by atoms with Gasteiger partial charge in [-0.3, -0.25) is 13.9 Å². The monoisotopic (exact) mass is 754 g/mol. The second kappa shape index (κ2) is 21.6. The molecule has 10 nitrogen and oxygen atoms in total. The van der Waals surface area contributed by atoms with Gasteiger partial charge in [-0.25, -0.2) is 4.39 Å². The number of alkyl halides is 1. The molecule has 3 rings (SSSR count). The molecule has 0 spiro atoms. The maximum Gasteiger partial charge on any atom is 0.264 e. The van der Waals surface area contributed by atoms with E-state index in [-0.39, 0.29) is 30.1 Å². The van der Waals surface area contributed by atoms with Crippen molar-refractivity contribution in [3.05, 3.63) is 72.3 Å². The van der Waals surface area contributed by atoms with E-state index in [9.17, 15) is 22.7 Å². The number of aliphatic hydroxyl groups excluding tert-OH is 2. The van der Waals surface area contributed by atoms with Crippen LogP contribution < -0.4 is 14.8 Å². The maximum absolute atomic E-state index is 13.1.